The van der Waals surface area contributed by atoms with Gasteiger partial charge in [0.05, 0.1) is 0 Å². The van der Waals surface area contributed by atoms with Crippen LogP contribution in [0.3, 0.4) is 0 Å². The number of aromatic nitrogens is 4. The minimum absolute atomic E-state index is 0.153. The SMILES string of the molecule is c1ccc(-c2nc(-c3ccccc3)nc(-c3ccc(-c4cccc(-c5ccc6ccc7nc(-c8ccccc8)[se]c7c6c5)c4)cc3)n2)cc1. The fourth-order valence-corrected chi connectivity index (χ4v) is 8.52. The Bertz CT molecular complexity index is 2520. The average Bonchev–Trinajstić information content (AvgIpc) is 3.64. The van der Waals surface area contributed by atoms with Gasteiger partial charge < -0.3 is 0 Å². The molecule has 7 aromatic carbocycles. The van der Waals surface area contributed by atoms with Gasteiger partial charge >= 0.3 is 193 Å². The van der Waals surface area contributed by atoms with Crippen LogP contribution in [0.1, 0.15) is 0 Å². The second-order valence-corrected chi connectivity index (χ2v) is 14.0. The molecule has 2 heterocycles. The monoisotopic (exact) mass is 692 g/mol. The zero-order chi connectivity index (χ0) is 32.6. The van der Waals surface area contributed by atoms with Gasteiger partial charge in [0.2, 0.25) is 0 Å². The van der Waals surface area contributed by atoms with E-state index in [2.05, 4.69) is 109 Å². The maximum absolute atomic E-state index is 5.03. The van der Waals surface area contributed by atoms with Crippen molar-refractivity contribution in [2.75, 3.05) is 0 Å². The molecule has 0 radical (unpaired) electrons. The molecule has 230 valence electrons. The maximum atomic E-state index is 5.03. The second-order valence-electron chi connectivity index (χ2n) is 11.9. The van der Waals surface area contributed by atoms with Crippen LogP contribution in [0.4, 0.5) is 0 Å². The van der Waals surface area contributed by atoms with E-state index in [9.17, 15) is 0 Å². The van der Waals surface area contributed by atoms with Gasteiger partial charge in [-0.3, -0.25) is 0 Å². The van der Waals surface area contributed by atoms with Crippen molar-refractivity contribution in [3.05, 3.63) is 170 Å². The molecule has 0 unspecified atom stereocenters. The van der Waals surface area contributed by atoms with Crippen molar-refractivity contribution < 1.29 is 0 Å². The zero-order valence-corrected chi connectivity index (χ0v) is 28.1. The van der Waals surface area contributed by atoms with Crippen molar-refractivity contribution in [2.24, 2.45) is 0 Å². The Morgan fingerprint density at radius 1 is 0.327 bits per heavy atom. The Hall–Kier alpha value is -6.00. The molecule has 0 bridgehead atoms. The molecule has 0 saturated heterocycles. The fraction of sp³-hybridized carbons (Fsp3) is 0. The summed E-state index contributed by atoms with van der Waals surface area (Å²) in [7, 11) is 0. The van der Waals surface area contributed by atoms with E-state index in [1.807, 2.05) is 60.7 Å². The van der Waals surface area contributed by atoms with Crippen molar-refractivity contribution in [1.82, 2.24) is 19.9 Å². The second kappa shape index (κ2) is 12.6. The van der Waals surface area contributed by atoms with Crippen LogP contribution < -0.4 is 0 Å². The first-order valence-corrected chi connectivity index (χ1v) is 17.9. The largest absolute Gasteiger partial charge is 0.208 e. The van der Waals surface area contributed by atoms with Gasteiger partial charge in [0.1, 0.15) is 0 Å². The summed E-state index contributed by atoms with van der Waals surface area (Å²) in [6.07, 6.45) is 0. The van der Waals surface area contributed by atoms with Crippen molar-refractivity contribution in [2.45, 2.75) is 0 Å². The summed E-state index contributed by atoms with van der Waals surface area (Å²) < 4.78 is 2.55. The molecule has 0 saturated carbocycles. The molecule has 9 rings (SSSR count). The van der Waals surface area contributed by atoms with E-state index in [0.29, 0.717) is 17.5 Å². The first-order chi connectivity index (χ1) is 24.2. The van der Waals surface area contributed by atoms with Crippen molar-refractivity contribution in [3.63, 3.8) is 0 Å². The normalized spacial score (nSPS) is 11.3. The Balaban J connectivity index is 1.06. The summed E-state index contributed by atoms with van der Waals surface area (Å²) in [5.74, 6) is 1.97. The molecule has 4 nitrogen and oxygen atoms in total. The molecular weight excluding hydrogens is 663 g/mol. The maximum Gasteiger partial charge on any atom is -0.0512 e. The van der Waals surface area contributed by atoms with Gasteiger partial charge in [-0.25, -0.2) is 15.0 Å². The van der Waals surface area contributed by atoms with Crippen molar-refractivity contribution in [1.29, 1.82) is 0 Å². The topological polar surface area (TPSA) is 51.6 Å². The molecule has 0 atom stereocenters. The molecule has 49 heavy (non-hydrogen) atoms. The first-order valence-electron chi connectivity index (χ1n) is 16.2. The van der Waals surface area contributed by atoms with Crippen LogP contribution in [-0.4, -0.2) is 34.4 Å². The van der Waals surface area contributed by atoms with Gasteiger partial charge in [-0.1, -0.05) is 60.7 Å². The minimum Gasteiger partial charge on any atom is -0.208 e. The molecule has 0 aliphatic carbocycles. The van der Waals surface area contributed by atoms with Crippen LogP contribution in [0.15, 0.2) is 170 Å². The van der Waals surface area contributed by atoms with Gasteiger partial charge in [-0.15, -0.1) is 0 Å². The number of fused-ring (bicyclic) bond motifs is 3. The van der Waals surface area contributed by atoms with Gasteiger partial charge in [0.15, 0.2) is 11.6 Å². The van der Waals surface area contributed by atoms with Gasteiger partial charge in [-0.2, -0.15) is 0 Å². The smallest absolute Gasteiger partial charge is 0.0512 e. The summed E-state index contributed by atoms with van der Waals surface area (Å²) in [5.41, 5.74) is 9.86. The predicted molar refractivity (Wildman–Crippen MR) is 202 cm³/mol. The predicted octanol–water partition coefficient (Wildman–Crippen LogP) is 10.6. The number of hydrogen-bond acceptors (Lipinski definition) is 4. The molecule has 0 aliphatic rings. The Morgan fingerprint density at radius 3 is 1.39 bits per heavy atom. The number of nitrogens with zero attached hydrogens (tertiary/aromatic N) is 4. The molecule has 5 heteroatoms. The van der Waals surface area contributed by atoms with Gasteiger partial charge in [-0.05, 0) is 0 Å². The Labute approximate surface area is 290 Å². The van der Waals surface area contributed by atoms with E-state index < -0.39 is 0 Å². The van der Waals surface area contributed by atoms with Gasteiger partial charge in [0.25, 0.3) is 0 Å². The summed E-state index contributed by atoms with van der Waals surface area (Å²) in [5, 5.41) is 2.55. The van der Waals surface area contributed by atoms with E-state index in [-0.39, 0.29) is 14.5 Å². The quantitative estimate of drug-likeness (QED) is 0.163. The van der Waals surface area contributed by atoms with Crippen LogP contribution in [-0.2, 0) is 0 Å². The average molecular weight is 692 g/mol. The van der Waals surface area contributed by atoms with Crippen molar-refractivity contribution >= 4 is 35.1 Å². The molecular formula is C44H28N4Se. The van der Waals surface area contributed by atoms with Crippen LogP contribution in [0.2, 0.25) is 0 Å². The van der Waals surface area contributed by atoms with Gasteiger partial charge in [0, 0.05) is 11.1 Å². The van der Waals surface area contributed by atoms with E-state index in [4.69, 9.17) is 19.9 Å². The number of rotatable bonds is 6. The molecule has 0 aliphatic heterocycles. The molecule has 0 spiro atoms. The molecule has 0 amide bonds. The molecule has 0 N–H and O–H groups in total. The minimum atomic E-state index is 0.153. The third-order valence-electron chi connectivity index (χ3n) is 8.76. The Kier molecular flexibility index (Phi) is 7.47. The standard InChI is InChI=1S/C44H28N4Se/c1-4-11-31(12-5-1)41-46-42(32-13-6-2-7-14-32)48-43(47-41)33-22-19-29(20-23-33)35-17-10-18-36(27-35)37-24-21-30-25-26-39-40(38(30)28-37)49-44(45-39)34-15-8-3-9-16-34/h1-28H. The van der Waals surface area contributed by atoms with E-state index in [1.54, 1.807) is 0 Å². The third kappa shape index (κ3) is 5.76. The number of hydrogen-bond donors (Lipinski definition) is 0. The number of benzene rings is 7. The van der Waals surface area contributed by atoms with Crippen LogP contribution in [0.25, 0.3) is 87.1 Å². The summed E-state index contributed by atoms with van der Waals surface area (Å²) >= 11 is 0.153. The third-order valence-corrected chi connectivity index (χ3v) is 11.2. The van der Waals surface area contributed by atoms with E-state index in [1.165, 1.54) is 36.3 Å². The molecule has 9 aromatic rings. The van der Waals surface area contributed by atoms with Crippen LogP contribution >= 0.6 is 0 Å². The molecule has 0 fully saturated rings. The van der Waals surface area contributed by atoms with E-state index in [0.717, 1.165) is 33.3 Å². The van der Waals surface area contributed by atoms with E-state index >= 15 is 0 Å². The van der Waals surface area contributed by atoms with Crippen LogP contribution in [0.5, 0.6) is 0 Å². The van der Waals surface area contributed by atoms with Crippen molar-refractivity contribution in [3.8, 4) is 66.5 Å². The summed E-state index contributed by atoms with van der Waals surface area (Å²) in [6, 6.07) is 59.2. The summed E-state index contributed by atoms with van der Waals surface area (Å²) in [4.78, 5) is 19.7. The summed E-state index contributed by atoms with van der Waals surface area (Å²) in [6.45, 7) is 0. The van der Waals surface area contributed by atoms with Crippen LogP contribution in [0, 0.1) is 0 Å². The zero-order valence-electron chi connectivity index (χ0n) is 26.4. The fourth-order valence-electron chi connectivity index (χ4n) is 6.22. The Morgan fingerprint density at radius 2 is 0.776 bits per heavy atom. The first kappa shape index (κ1) is 29.2. The molecule has 2 aromatic heterocycles.